The highest BCUT2D eigenvalue weighted by Crippen LogP contribution is 2.37. The van der Waals surface area contributed by atoms with Crippen molar-refractivity contribution in [2.75, 3.05) is 19.6 Å². The number of halogens is 4. The predicted molar refractivity (Wildman–Crippen MR) is 113 cm³/mol. The molecule has 0 aliphatic carbocycles. The van der Waals surface area contributed by atoms with Gasteiger partial charge in [0, 0.05) is 32.2 Å². The van der Waals surface area contributed by atoms with E-state index >= 15 is 0 Å². The molecule has 1 saturated heterocycles. The maximum atomic E-state index is 13.1. The summed E-state index contributed by atoms with van der Waals surface area (Å²) in [6, 6.07) is 11.4. The number of hydrogen-bond acceptors (Lipinski definition) is 4. The molecule has 1 aliphatic rings. The summed E-state index contributed by atoms with van der Waals surface area (Å²) in [6.07, 6.45) is -4.57. The van der Waals surface area contributed by atoms with Crippen LogP contribution in [0.4, 0.5) is 17.6 Å². The Labute approximate surface area is 187 Å². The van der Waals surface area contributed by atoms with Crippen LogP contribution in [0.3, 0.4) is 0 Å². The Hall–Kier alpha value is -3.33. The summed E-state index contributed by atoms with van der Waals surface area (Å²) in [5.74, 6) is -1.08. The van der Waals surface area contributed by atoms with E-state index in [9.17, 15) is 27.5 Å². The number of benzene rings is 2. The molecule has 1 atom stereocenters. The minimum atomic E-state index is -4.57. The summed E-state index contributed by atoms with van der Waals surface area (Å²) in [5, 5.41) is 10.0. The summed E-state index contributed by atoms with van der Waals surface area (Å²) in [5.41, 5.74) is -0.0912. The fourth-order valence-electron chi connectivity index (χ4n) is 3.98. The Balaban J connectivity index is 1.45. The maximum Gasteiger partial charge on any atom is 0.416 e. The molecule has 33 heavy (non-hydrogen) atoms. The molecule has 4 rings (SSSR count). The lowest BCUT2D eigenvalue weighted by atomic mass is 10.1. The quantitative estimate of drug-likeness (QED) is 0.545. The van der Waals surface area contributed by atoms with E-state index in [-0.39, 0.29) is 40.6 Å². The Morgan fingerprint density at radius 2 is 1.82 bits per heavy atom. The van der Waals surface area contributed by atoms with Crippen LogP contribution in [0, 0.1) is 5.82 Å². The van der Waals surface area contributed by atoms with E-state index in [0.29, 0.717) is 26.2 Å². The lowest BCUT2D eigenvalue weighted by Crippen LogP contribution is -2.53. The number of hydrogen-bond donors (Lipinski definition) is 1. The van der Waals surface area contributed by atoms with Crippen LogP contribution in [0.25, 0.3) is 11.3 Å². The topological polar surface area (TPSA) is 56.9 Å². The van der Waals surface area contributed by atoms with Crippen molar-refractivity contribution < 1.29 is 31.9 Å². The fraction of sp³-hybridized carbons (Fsp3) is 0.292. The van der Waals surface area contributed by atoms with Crippen LogP contribution < -0.4 is 0 Å². The van der Waals surface area contributed by atoms with Crippen LogP contribution in [-0.2, 0) is 12.7 Å². The Morgan fingerprint density at radius 1 is 1.09 bits per heavy atom. The second kappa shape index (κ2) is 8.90. The molecule has 0 bridgehead atoms. The van der Waals surface area contributed by atoms with E-state index in [1.165, 1.54) is 24.3 Å². The molecule has 0 spiro atoms. The van der Waals surface area contributed by atoms with Gasteiger partial charge in [-0.2, -0.15) is 13.2 Å². The molecule has 3 aromatic rings. The maximum absolute atomic E-state index is 13.1. The molecule has 0 saturated carbocycles. The van der Waals surface area contributed by atoms with Crippen molar-refractivity contribution in [3.63, 3.8) is 0 Å². The van der Waals surface area contributed by atoms with E-state index in [4.69, 9.17) is 4.42 Å². The second-order valence-electron chi connectivity index (χ2n) is 8.10. The van der Waals surface area contributed by atoms with Gasteiger partial charge in [0.25, 0.3) is 5.91 Å². The summed E-state index contributed by atoms with van der Waals surface area (Å²) in [6.45, 7) is 4.18. The zero-order valence-electron chi connectivity index (χ0n) is 17.8. The Bertz CT molecular complexity index is 1140. The third-order valence-electron chi connectivity index (χ3n) is 5.70. The van der Waals surface area contributed by atoms with Gasteiger partial charge in [-0.25, -0.2) is 4.39 Å². The van der Waals surface area contributed by atoms with Crippen molar-refractivity contribution in [1.82, 2.24) is 9.80 Å². The summed E-state index contributed by atoms with van der Waals surface area (Å²) >= 11 is 0. The number of carbonyl (C=O) groups excluding carboxylic acids is 1. The molecule has 1 N–H and O–H groups in total. The first-order chi connectivity index (χ1) is 15.6. The second-order valence-corrected chi connectivity index (χ2v) is 8.10. The highest BCUT2D eigenvalue weighted by Gasteiger charge is 2.32. The molecule has 5 nitrogen and oxygen atoms in total. The highest BCUT2D eigenvalue weighted by molar-refractivity contribution is 5.92. The zero-order chi connectivity index (χ0) is 23.8. The van der Waals surface area contributed by atoms with E-state index < -0.39 is 11.7 Å². The van der Waals surface area contributed by atoms with E-state index in [0.717, 1.165) is 23.8 Å². The average Bonchev–Trinajstić information content (AvgIpc) is 3.24. The molecule has 174 valence electrons. The van der Waals surface area contributed by atoms with Gasteiger partial charge in [-0.1, -0.05) is 12.1 Å². The van der Waals surface area contributed by atoms with Gasteiger partial charge in [0.15, 0.2) is 5.76 Å². The van der Waals surface area contributed by atoms with Crippen LogP contribution in [0.1, 0.15) is 28.6 Å². The number of furan rings is 1. The fourth-order valence-corrected chi connectivity index (χ4v) is 3.98. The number of rotatable bonds is 4. The van der Waals surface area contributed by atoms with E-state index in [1.54, 1.807) is 17.0 Å². The van der Waals surface area contributed by atoms with Crippen molar-refractivity contribution in [1.29, 1.82) is 0 Å². The third-order valence-corrected chi connectivity index (χ3v) is 5.70. The number of phenolic OH excluding ortho intramolecular Hbond substituents is 1. The van der Waals surface area contributed by atoms with Crippen molar-refractivity contribution in [2.24, 2.45) is 0 Å². The standard InChI is InChI=1S/C24H22F4N2O3/c1-15-13-29(14-16-2-5-18(25)6-3-16)10-11-30(15)23(32)22-9-8-21(33-22)19-12-17(24(26,27)28)4-7-20(19)31/h2-9,12,15,31H,10-11,13-14H2,1H3/t15-/m0/s1. The highest BCUT2D eigenvalue weighted by atomic mass is 19.4. The minimum Gasteiger partial charge on any atom is -0.507 e. The first-order valence-corrected chi connectivity index (χ1v) is 10.4. The van der Waals surface area contributed by atoms with Gasteiger partial charge in [0.05, 0.1) is 11.1 Å². The molecule has 9 heteroatoms. The van der Waals surface area contributed by atoms with Gasteiger partial charge in [0.2, 0.25) is 0 Å². The average molecular weight is 462 g/mol. The molecule has 0 radical (unpaired) electrons. The first kappa shape index (κ1) is 22.8. The number of phenols is 1. The van der Waals surface area contributed by atoms with Crippen LogP contribution in [0.15, 0.2) is 59.0 Å². The van der Waals surface area contributed by atoms with E-state index in [1.807, 2.05) is 6.92 Å². The first-order valence-electron chi connectivity index (χ1n) is 10.4. The number of amides is 1. The van der Waals surface area contributed by atoms with Gasteiger partial charge in [-0.3, -0.25) is 9.69 Å². The van der Waals surface area contributed by atoms with Gasteiger partial charge in [-0.05, 0) is 55.0 Å². The van der Waals surface area contributed by atoms with Crippen LogP contribution >= 0.6 is 0 Å². The molecule has 1 aromatic heterocycles. The van der Waals surface area contributed by atoms with Crippen molar-refractivity contribution in [2.45, 2.75) is 25.7 Å². The predicted octanol–water partition coefficient (Wildman–Crippen LogP) is 5.16. The molecular formula is C24H22F4N2O3. The molecule has 2 aromatic carbocycles. The SMILES string of the molecule is C[C@H]1CN(Cc2ccc(F)cc2)CCN1C(=O)c1ccc(-c2cc(C(F)(F)F)ccc2O)o1. The van der Waals surface area contributed by atoms with Crippen LogP contribution in [0.2, 0.25) is 0 Å². The van der Waals surface area contributed by atoms with Gasteiger partial charge in [-0.15, -0.1) is 0 Å². The monoisotopic (exact) mass is 462 g/mol. The van der Waals surface area contributed by atoms with Gasteiger partial charge < -0.3 is 14.4 Å². The number of carbonyl (C=O) groups is 1. The zero-order valence-corrected chi connectivity index (χ0v) is 17.8. The van der Waals surface area contributed by atoms with Gasteiger partial charge >= 0.3 is 6.18 Å². The number of piperazine rings is 1. The largest absolute Gasteiger partial charge is 0.507 e. The lowest BCUT2D eigenvalue weighted by molar-refractivity contribution is -0.137. The van der Waals surface area contributed by atoms with Crippen LogP contribution in [0.5, 0.6) is 5.75 Å². The van der Waals surface area contributed by atoms with Crippen LogP contribution in [-0.4, -0.2) is 46.5 Å². The molecular weight excluding hydrogens is 440 g/mol. The van der Waals surface area contributed by atoms with Gasteiger partial charge in [0.1, 0.15) is 17.3 Å². The normalized spacial score (nSPS) is 17.4. The van der Waals surface area contributed by atoms with Crippen molar-refractivity contribution in [3.05, 3.63) is 77.3 Å². The lowest BCUT2D eigenvalue weighted by Gasteiger charge is -2.39. The number of nitrogens with zero attached hydrogens (tertiary/aromatic N) is 2. The Kier molecular flexibility index (Phi) is 6.16. The smallest absolute Gasteiger partial charge is 0.416 e. The molecule has 1 aliphatic heterocycles. The van der Waals surface area contributed by atoms with Crippen molar-refractivity contribution >= 4 is 5.91 Å². The number of alkyl halides is 3. The van der Waals surface area contributed by atoms with E-state index in [2.05, 4.69) is 4.90 Å². The molecule has 1 fully saturated rings. The molecule has 0 unspecified atom stereocenters. The summed E-state index contributed by atoms with van der Waals surface area (Å²) in [7, 11) is 0. The Morgan fingerprint density at radius 3 is 2.48 bits per heavy atom. The van der Waals surface area contributed by atoms with Crippen molar-refractivity contribution in [3.8, 4) is 17.1 Å². The summed E-state index contributed by atoms with van der Waals surface area (Å²) < 4.78 is 57.7. The molecule has 1 amide bonds. The third kappa shape index (κ3) is 5.03. The summed E-state index contributed by atoms with van der Waals surface area (Å²) in [4.78, 5) is 16.8. The number of aromatic hydroxyl groups is 1. The molecule has 2 heterocycles. The minimum absolute atomic E-state index is 0.0133.